The molecule has 8 nitrogen and oxygen atoms in total. The molecule has 9 aromatic carbocycles. The lowest BCUT2D eigenvalue weighted by atomic mass is 9.97. The zero-order valence-corrected chi connectivity index (χ0v) is 41.5. The van der Waals surface area contributed by atoms with Crippen LogP contribution in [0.15, 0.2) is 261 Å². The van der Waals surface area contributed by atoms with Crippen LogP contribution >= 0.6 is 0 Å². The van der Waals surface area contributed by atoms with Gasteiger partial charge in [0.25, 0.3) is 0 Å². The molecular formula is C68H46N8. The third kappa shape index (κ3) is 9.39. The van der Waals surface area contributed by atoms with Crippen LogP contribution in [0.2, 0.25) is 0 Å². The molecule has 0 N–H and O–H groups in total. The van der Waals surface area contributed by atoms with Crippen molar-refractivity contribution < 1.29 is 0 Å². The van der Waals surface area contributed by atoms with Crippen molar-refractivity contribution in [1.29, 1.82) is 15.8 Å². The maximum atomic E-state index is 10.9. The molecule has 0 unspecified atom stereocenters. The molecule has 0 saturated heterocycles. The number of nitriles is 3. The van der Waals surface area contributed by atoms with Crippen molar-refractivity contribution in [3.8, 4) is 57.5 Å². The van der Waals surface area contributed by atoms with Crippen LogP contribution in [-0.4, -0.2) is 14.5 Å². The number of hydrogen-bond donors (Lipinski definition) is 0. The Kier molecular flexibility index (Phi) is 13.2. The summed E-state index contributed by atoms with van der Waals surface area (Å²) in [6.45, 7) is 5.63. The minimum Gasteiger partial charge on any atom is -0.310 e. The maximum absolute atomic E-state index is 10.9. The molecule has 76 heavy (non-hydrogen) atoms. The lowest BCUT2D eigenvalue weighted by Crippen LogP contribution is -2.09. The molecule has 0 aliphatic heterocycles. The van der Waals surface area contributed by atoms with Gasteiger partial charge in [-0.15, -0.1) is 0 Å². The van der Waals surface area contributed by atoms with Crippen LogP contribution in [0, 0.1) is 34.0 Å². The summed E-state index contributed by atoms with van der Waals surface area (Å²) in [4.78, 5) is 14.4. The molecule has 0 fully saturated rings. The number of allylic oxidation sites excluding steroid dienone is 5. The number of para-hydroxylation sites is 4. The van der Waals surface area contributed by atoms with E-state index < -0.39 is 0 Å². The highest BCUT2D eigenvalue weighted by Crippen LogP contribution is 2.43. The van der Waals surface area contributed by atoms with Crippen molar-refractivity contribution in [2.24, 2.45) is 0 Å². The first-order chi connectivity index (χ1) is 37.4. The third-order valence-electron chi connectivity index (χ3n) is 13.4. The van der Waals surface area contributed by atoms with Crippen LogP contribution in [0.5, 0.6) is 0 Å². The van der Waals surface area contributed by atoms with E-state index in [9.17, 15) is 15.8 Å². The van der Waals surface area contributed by atoms with Gasteiger partial charge < -0.3 is 14.4 Å². The van der Waals surface area contributed by atoms with E-state index in [0.29, 0.717) is 33.9 Å². The van der Waals surface area contributed by atoms with Crippen LogP contribution in [0.1, 0.15) is 23.9 Å². The second kappa shape index (κ2) is 21.1. The van der Waals surface area contributed by atoms with Crippen molar-refractivity contribution >= 4 is 61.5 Å². The molecule has 0 amide bonds. The minimum absolute atomic E-state index is 0.422. The predicted molar refractivity (Wildman–Crippen MR) is 309 cm³/mol. The minimum atomic E-state index is 0.422. The van der Waals surface area contributed by atoms with E-state index in [-0.39, 0.29) is 0 Å². The van der Waals surface area contributed by atoms with Gasteiger partial charge in [-0.2, -0.15) is 15.8 Å². The summed E-state index contributed by atoms with van der Waals surface area (Å²) in [6, 6.07) is 85.3. The molecule has 2 heterocycles. The first-order valence-electron chi connectivity index (χ1n) is 24.8. The maximum Gasteiger partial charge on any atom is 0.156 e. The average molecular weight is 975 g/mol. The molecule has 8 heteroatoms. The van der Waals surface area contributed by atoms with Crippen LogP contribution in [-0.2, 0) is 0 Å². The summed E-state index contributed by atoms with van der Waals surface area (Å²) in [5.41, 5.74) is 16.1. The van der Waals surface area contributed by atoms with Crippen molar-refractivity contribution in [3.63, 3.8) is 0 Å². The molecule has 0 aliphatic carbocycles. The molecule has 0 bridgehead atoms. The highest BCUT2D eigenvalue weighted by Gasteiger charge is 2.21. The summed E-state index contributed by atoms with van der Waals surface area (Å²) in [7, 11) is 0. The van der Waals surface area contributed by atoms with Gasteiger partial charge in [0.15, 0.2) is 5.82 Å². The summed E-state index contributed by atoms with van der Waals surface area (Å²) in [6.07, 6.45) is 5.01. The van der Waals surface area contributed by atoms with Gasteiger partial charge in [0.1, 0.15) is 0 Å². The normalized spacial score (nSPS) is 11.4. The molecule has 2 aromatic heterocycles. The van der Waals surface area contributed by atoms with E-state index in [1.807, 2.05) is 91.9 Å². The smallest absolute Gasteiger partial charge is 0.156 e. The number of benzene rings is 9. The molecule has 11 aromatic rings. The quantitative estimate of drug-likeness (QED) is 0.0836. The Labute approximate surface area is 441 Å². The van der Waals surface area contributed by atoms with Crippen molar-refractivity contribution in [1.82, 2.24) is 14.5 Å². The lowest BCUT2D eigenvalue weighted by molar-refractivity contribution is 1.12. The number of nitrogens with zero attached hydrogens (tertiary/aromatic N) is 8. The molecule has 0 saturated carbocycles. The summed E-state index contributed by atoms with van der Waals surface area (Å²) in [5, 5.41) is 32.0. The van der Waals surface area contributed by atoms with E-state index in [4.69, 9.17) is 9.97 Å². The fourth-order valence-corrected chi connectivity index (χ4v) is 9.67. The fraction of sp³-hybridized carbons (Fsp3) is 0.0147. The number of rotatable bonds is 13. The van der Waals surface area contributed by atoms with Gasteiger partial charge in [-0.25, -0.2) is 9.97 Å². The van der Waals surface area contributed by atoms with E-state index in [1.54, 1.807) is 18.2 Å². The Morgan fingerprint density at radius 1 is 0.474 bits per heavy atom. The van der Waals surface area contributed by atoms with Gasteiger partial charge in [-0.3, -0.25) is 0 Å². The van der Waals surface area contributed by atoms with Gasteiger partial charge in [-0.05, 0) is 145 Å². The van der Waals surface area contributed by atoms with E-state index in [1.165, 1.54) is 6.08 Å². The SMILES string of the molecule is C=C/C(C#N)=C\C=C(/C)c1nc(-c2ccc(C#N)cc2)cc(-c2ccc(-c3ccc(-n4c5ccc(N(c6ccccc6)c6ccccc6)cc5c5cc(N(c6ccccc6)c6ccccc6)ccc54)cc3C#N)cc2)n1. The number of anilines is 6. The molecule has 0 aliphatic rings. The highest BCUT2D eigenvalue weighted by molar-refractivity contribution is 6.12. The van der Waals surface area contributed by atoms with Crippen molar-refractivity contribution in [2.75, 3.05) is 9.80 Å². The second-order valence-corrected chi connectivity index (χ2v) is 18.1. The summed E-state index contributed by atoms with van der Waals surface area (Å²) in [5.74, 6) is 0.493. The monoisotopic (exact) mass is 974 g/mol. The molecule has 0 spiro atoms. The van der Waals surface area contributed by atoms with Crippen LogP contribution in [0.25, 0.3) is 66.7 Å². The summed E-state index contributed by atoms with van der Waals surface area (Å²) < 4.78 is 2.26. The Balaban J connectivity index is 1.02. The number of hydrogen-bond acceptors (Lipinski definition) is 7. The lowest BCUT2D eigenvalue weighted by Gasteiger charge is -2.26. The van der Waals surface area contributed by atoms with E-state index >= 15 is 0 Å². The van der Waals surface area contributed by atoms with Crippen molar-refractivity contribution in [2.45, 2.75) is 6.92 Å². The predicted octanol–water partition coefficient (Wildman–Crippen LogP) is 17.3. The van der Waals surface area contributed by atoms with Crippen molar-refractivity contribution in [3.05, 3.63) is 278 Å². The highest BCUT2D eigenvalue weighted by atomic mass is 15.1. The zero-order chi connectivity index (χ0) is 52.0. The Hall–Kier alpha value is -10.9. The molecular weight excluding hydrogens is 929 g/mol. The second-order valence-electron chi connectivity index (χ2n) is 18.1. The van der Waals surface area contributed by atoms with E-state index in [2.05, 4.69) is 179 Å². The standard InChI is InChI=1S/C68H46N8/c1-3-48(44-69)25-24-47(2)68-72-64(51-28-26-49(45-70)27-29-51)43-65(73-68)52-32-30-50(31-33-52)61-37-34-58(40-53(61)46-71)76-66-38-35-59(74(54-16-8-4-9-17-54)55-18-10-5-11-19-55)41-62(66)63-42-60(36-39-67(63)76)75(56-20-12-6-13-21-56)57-22-14-7-15-23-57/h3-43H,1H2,2H3/b47-24+,48-25+. The van der Waals surface area contributed by atoms with Gasteiger partial charge in [0.2, 0.25) is 0 Å². The van der Waals surface area contributed by atoms with Crippen LogP contribution in [0.3, 0.4) is 0 Å². The van der Waals surface area contributed by atoms with E-state index in [0.717, 1.165) is 89.4 Å². The van der Waals surface area contributed by atoms with Gasteiger partial charge in [0.05, 0.1) is 57.3 Å². The van der Waals surface area contributed by atoms with Crippen LogP contribution < -0.4 is 9.80 Å². The van der Waals surface area contributed by atoms with Crippen LogP contribution in [0.4, 0.5) is 34.1 Å². The Bertz CT molecular complexity index is 3920. The molecule has 0 atom stereocenters. The topological polar surface area (TPSA) is 109 Å². The molecule has 11 rings (SSSR count). The van der Waals surface area contributed by atoms with Gasteiger partial charge in [-0.1, -0.05) is 134 Å². The Morgan fingerprint density at radius 3 is 1.37 bits per heavy atom. The summed E-state index contributed by atoms with van der Waals surface area (Å²) >= 11 is 0. The Morgan fingerprint density at radius 2 is 0.934 bits per heavy atom. The first kappa shape index (κ1) is 47.5. The average Bonchev–Trinajstić information content (AvgIpc) is 3.86. The fourth-order valence-electron chi connectivity index (χ4n) is 9.67. The number of aromatic nitrogens is 3. The molecule has 0 radical (unpaired) electrons. The van der Waals surface area contributed by atoms with Gasteiger partial charge in [0, 0.05) is 61.7 Å². The van der Waals surface area contributed by atoms with Gasteiger partial charge >= 0.3 is 0 Å². The largest absolute Gasteiger partial charge is 0.310 e. The third-order valence-corrected chi connectivity index (χ3v) is 13.4. The number of fused-ring (bicyclic) bond motifs is 3. The zero-order valence-electron chi connectivity index (χ0n) is 41.5. The first-order valence-corrected chi connectivity index (χ1v) is 24.8. The molecule has 358 valence electrons.